The molecule has 30 heavy (non-hydrogen) atoms. The molecule has 1 aromatic heterocycles. The van der Waals surface area contributed by atoms with Gasteiger partial charge in [0.2, 0.25) is 0 Å². The van der Waals surface area contributed by atoms with Crippen molar-refractivity contribution in [3.8, 4) is 0 Å². The van der Waals surface area contributed by atoms with Crippen molar-refractivity contribution in [3.63, 3.8) is 0 Å². The SMILES string of the molecule is C[C@@H]1N(c2cccc3c2oc2ccccc23)C(C)(C)CC12C1CC3CC(C1)CC2C3. The van der Waals surface area contributed by atoms with Crippen LogP contribution in [0.1, 0.15) is 59.3 Å². The van der Waals surface area contributed by atoms with E-state index >= 15 is 0 Å². The van der Waals surface area contributed by atoms with Gasteiger partial charge in [0.25, 0.3) is 0 Å². The van der Waals surface area contributed by atoms with Crippen LogP contribution in [0, 0.1) is 29.1 Å². The predicted octanol–water partition coefficient (Wildman–Crippen LogP) is 7.41. The molecule has 0 unspecified atom stereocenters. The fourth-order valence-corrected chi connectivity index (χ4v) is 9.24. The molecule has 1 saturated heterocycles. The monoisotopic (exact) mass is 399 g/mol. The first kappa shape index (κ1) is 17.7. The van der Waals surface area contributed by atoms with E-state index in [9.17, 15) is 0 Å². The van der Waals surface area contributed by atoms with Gasteiger partial charge in [-0.2, -0.15) is 0 Å². The average molecular weight is 400 g/mol. The molecular formula is C28H33NO. The fourth-order valence-electron chi connectivity index (χ4n) is 9.24. The highest BCUT2D eigenvalue weighted by molar-refractivity contribution is 6.09. The Morgan fingerprint density at radius 2 is 1.50 bits per heavy atom. The molecule has 2 heteroatoms. The molecule has 5 aliphatic rings. The normalized spacial score (nSPS) is 39.0. The van der Waals surface area contributed by atoms with Gasteiger partial charge in [-0.3, -0.25) is 0 Å². The lowest BCUT2D eigenvalue weighted by molar-refractivity contribution is -0.113. The van der Waals surface area contributed by atoms with Gasteiger partial charge in [0.15, 0.2) is 5.58 Å². The number of para-hydroxylation sites is 2. The number of benzene rings is 2. The third kappa shape index (κ3) is 2.06. The second kappa shape index (κ2) is 5.64. The molecule has 3 aromatic rings. The minimum Gasteiger partial charge on any atom is -0.454 e. The first-order valence-electron chi connectivity index (χ1n) is 12.2. The molecule has 0 amide bonds. The van der Waals surface area contributed by atoms with Crippen molar-refractivity contribution in [2.75, 3.05) is 4.90 Å². The van der Waals surface area contributed by atoms with Crippen LogP contribution in [-0.2, 0) is 0 Å². The third-order valence-electron chi connectivity index (χ3n) is 9.86. The van der Waals surface area contributed by atoms with Crippen LogP contribution >= 0.6 is 0 Å². The van der Waals surface area contributed by atoms with Gasteiger partial charge in [0.05, 0.1) is 5.69 Å². The zero-order chi connectivity index (χ0) is 20.3. The summed E-state index contributed by atoms with van der Waals surface area (Å²) in [6, 6.07) is 15.9. The van der Waals surface area contributed by atoms with Crippen LogP contribution < -0.4 is 4.90 Å². The highest BCUT2D eigenvalue weighted by Crippen LogP contribution is 2.69. The van der Waals surface area contributed by atoms with Crippen LogP contribution in [0.4, 0.5) is 5.69 Å². The lowest BCUT2D eigenvalue weighted by atomic mass is 9.43. The summed E-state index contributed by atoms with van der Waals surface area (Å²) in [6.07, 6.45) is 8.85. The van der Waals surface area contributed by atoms with Crippen molar-refractivity contribution in [2.45, 2.75) is 70.9 Å². The summed E-state index contributed by atoms with van der Waals surface area (Å²) >= 11 is 0. The van der Waals surface area contributed by atoms with E-state index < -0.39 is 0 Å². The lowest BCUT2D eigenvalue weighted by Gasteiger charge is -2.62. The molecule has 1 atom stereocenters. The van der Waals surface area contributed by atoms with E-state index in [2.05, 4.69) is 68.1 Å². The summed E-state index contributed by atoms with van der Waals surface area (Å²) in [6.45, 7) is 7.54. The van der Waals surface area contributed by atoms with E-state index in [0.717, 1.165) is 34.8 Å². The third-order valence-corrected chi connectivity index (χ3v) is 9.86. The summed E-state index contributed by atoms with van der Waals surface area (Å²) in [7, 11) is 0. The van der Waals surface area contributed by atoms with E-state index in [-0.39, 0.29) is 5.54 Å². The number of hydrogen-bond acceptors (Lipinski definition) is 2. The van der Waals surface area contributed by atoms with Crippen molar-refractivity contribution >= 4 is 27.6 Å². The molecular weight excluding hydrogens is 366 g/mol. The molecule has 156 valence electrons. The summed E-state index contributed by atoms with van der Waals surface area (Å²) in [5.41, 5.74) is 4.05. The molecule has 1 aliphatic heterocycles. The number of rotatable bonds is 1. The van der Waals surface area contributed by atoms with Gasteiger partial charge in [-0.15, -0.1) is 0 Å². The van der Waals surface area contributed by atoms with Crippen molar-refractivity contribution in [3.05, 3.63) is 42.5 Å². The zero-order valence-corrected chi connectivity index (χ0v) is 18.5. The van der Waals surface area contributed by atoms with Crippen molar-refractivity contribution in [1.82, 2.24) is 0 Å². The van der Waals surface area contributed by atoms with Gasteiger partial charge >= 0.3 is 0 Å². The highest BCUT2D eigenvalue weighted by atomic mass is 16.3. The van der Waals surface area contributed by atoms with Gasteiger partial charge in [-0.05, 0) is 101 Å². The number of hydrogen-bond donors (Lipinski definition) is 0. The van der Waals surface area contributed by atoms with Crippen LogP contribution in [0.25, 0.3) is 21.9 Å². The Morgan fingerprint density at radius 3 is 2.23 bits per heavy atom. The van der Waals surface area contributed by atoms with E-state index in [0.29, 0.717) is 11.5 Å². The summed E-state index contributed by atoms with van der Waals surface area (Å²) in [4.78, 5) is 2.78. The summed E-state index contributed by atoms with van der Waals surface area (Å²) < 4.78 is 6.49. The Balaban J connectivity index is 1.40. The Bertz CT molecular complexity index is 1130. The lowest BCUT2D eigenvalue weighted by Crippen LogP contribution is -2.57. The van der Waals surface area contributed by atoms with Crippen molar-refractivity contribution in [1.29, 1.82) is 0 Å². The largest absolute Gasteiger partial charge is 0.454 e. The Morgan fingerprint density at radius 1 is 0.833 bits per heavy atom. The number of anilines is 1. The molecule has 4 saturated carbocycles. The zero-order valence-electron chi connectivity index (χ0n) is 18.5. The quantitative estimate of drug-likeness (QED) is 0.424. The minimum atomic E-state index is 0.155. The molecule has 4 bridgehead atoms. The molecule has 1 spiro atoms. The van der Waals surface area contributed by atoms with Crippen molar-refractivity contribution in [2.24, 2.45) is 29.1 Å². The van der Waals surface area contributed by atoms with Crippen LogP contribution in [-0.4, -0.2) is 11.6 Å². The summed E-state index contributed by atoms with van der Waals surface area (Å²) in [5, 5.41) is 2.50. The van der Waals surface area contributed by atoms with Gasteiger partial charge < -0.3 is 9.32 Å². The molecule has 2 nitrogen and oxygen atoms in total. The average Bonchev–Trinajstić information content (AvgIpc) is 3.19. The predicted molar refractivity (Wildman–Crippen MR) is 124 cm³/mol. The standard InChI is InChI=1S/C28H33NO/c1-17-28(20-12-18-11-19(14-20)15-21(28)13-18)16-27(2,3)29(17)24-9-6-8-23-22-7-4-5-10-25(22)30-26(23)24/h4-10,17-21H,11-16H2,1-3H3/t17-,18?,19?,20?,21?,28?/m0/s1. The van der Waals surface area contributed by atoms with Crippen LogP contribution in [0.15, 0.2) is 46.9 Å². The van der Waals surface area contributed by atoms with Crippen LogP contribution in [0.2, 0.25) is 0 Å². The smallest absolute Gasteiger partial charge is 0.158 e. The van der Waals surface area contributed by atoms with E-state index in [1.807, 2.05) is 0 Å². The maximum absolute atomic E-state index is 6.49. The molecule has 4 aliphatic carbocycles. The molecule has 2 heterocycles. The number of furan rings is 1. The maximum atomic E-state index is 6.49. The highest BCUT2D eigenvalue weighted by Gasteiger charge is 2.65. The maximum Gasteiger partial charge on any atom is 0.158 e. The minimum absolute atomic E-state index is 0.155. The number of fused-ring (bicyclic) bond motifs is 3. The molecule has 0 N–H and O–H groups in total. The Hall–Kier alpha value is -1.96. The van der Waals surface area contributed by atoms with E-state index in [1.54, 1.807) is 0 Å². The topological polar surface area (TPSA) is 16.4 Å². The second-order valence-electron chi connectivity index (χ2n) is 11.7. The Kier molecular flexibility index (Phi) is 3.32. The van der Waals surface area contributed by atoms with E-state index in [4.69, 9.17) is 4.42 Å². The Labute approximate surface area is 179 Å². The second-order valence-corrected chi connectivity index (χ2v) is 11.7. The van der Waals surface area contributed by atoms with Crippen LogP contribution in [0.5, 0.6) is 0 Å². The summed E-state index contributed by atoms with van der Waals surface area (Å²) in [5.74, 6) is 3.92. The molecule has 2 aromatic carbocycles. The van der Waals surface area contributed by atoms with Gasteiger partial charge in [0, 0.05) is 22.4 Å². The van der Waals surface area contributed by atoms with Crippen LogP contribution in [0.3, 0.4) is 0 Å². The molecule has 5 fully saturated rings. The van der Waals surface area contributed by atoms with Gasteiger partial charge in [-0.1, -0.05) is 30.3 Å². The molecule has 0 radical (unpaired) electrons. The first-order chi connectivity index (χ1) is 14.5. The number of nitrogens with zero attached hydrogens (tertiary/aromatic N) is 1. The molecule has 8 rings (SSSR count). The van der Waals surface area contributed by atoms with Gasteiger partial charge in [-0.25, -0.2) is 0 Å². The fraction of sp³-hybridized carbons (Fsp3) is 0.571. The van der Waals surface area contributed by atoms with Gasteiger partial charge in [0.1, 0.15) is 5.58 Å². The van der Waals surface area contributed by atoms with E-state index in [1.165, 1.54) is 55.0 Å². The van der Waals surface area contributed by atoms with Crippen molar-refractivity contribution < 1.29 is 4.42 Å². The first-order valence-corrected chi connectivity index (χ1v) is 12.2.